The van der Waals surface area contributed by atoms with Crippen LogP contribution in [0.2, 0.25) is 5.28 Å². The van der Waals surface area contributed by atoms with E-state index in [2.05, 4.69) is 9.97 Å². The number of hydrogen-bond acceptors (Lipinski definition) is 2. The second kappa shape index (κ2) is 3.30. The average Bonchev–Trinajstić information content (AvgIpc) is 2.58. The van der Waals surface area contributed by atoms with E-state index in [-0.39, 0.29) is 0 Å². The Kier molecular flexibility index (Phi) is 2.33. The fourth-order valence-corrected chi connectivity index (χ4v) is 3.11. The molecule has 2 rings (SSSR count). The van der Waals surface area contributed by atoms with Crippen LogP contribution in [0.25, 0.3) is 0 Å². The number of nitrogens with one attached hydrogen (secondary N) is 1. The Bertz CT molecular complexity index is 279. The minimum atomic E-state index is 0.523. The molecule has 66 valence electrons. The molecule has 1 aliphatic rings. The standard InChI is InChI=1S/C8H11ClN2S/c1-5-7(11-8(9)10-5)6-3-2-4-12-6/h6H,2-4H2,1H3,(H,10,11). The summed E-state index contributed by atoms with van der Waals surface area (Å²) >= 11 is 7.75. The summed E-state index contributed by atoms with van der Waals surface area (Å²) in [6.07, 6.45) is 2.55. The van der Waals surface area contributed by atoms with Gasteiger partial charge in [0.2, 0.25) is 5.28 Å². The maximum atomic E-state index is 5.77. The molecule has 4 heteroatoms. The normalized spacial score (nSPS) is 23.3. The number of imidazole rings is 1. The number of H-pyrrole nitrogens is 1. The third kappa shape index (κ3) is 1.48. The van der Waals surface area contributed by atoms with Crippen LogP contribution in [-0.4, -0.2) is 15.7 Å². The molecule has 0 aromatic carbocycles. The van der Waals surface area contributed by atoms with Crippen molar-refractivity contribution < 1.29 is 0 Å². The third-order valence-electron chi connectivity index (χ3n) is 2.13. The van der Waals surface area contributed by atoms with Crippen molar-refractivity contribution in [1.29, 1.82) is 0 Å². The number of hydrogen-bond donors (Lipinski definition) is 1. The molecular weight excluding hydrogens is 192 g/mol. The second-order valence-corrected chi connectivity index (χ2v) is 4.71. The fourth-order valence-electron chi connectivity index (χ4n) is 1.54. The van der Waals surface area contributed by atoms with Crippen molar-refractivity contribution in [3.8, 4) is 0 Å². The number of rotatable bonds is 1. The van der Waals surface area contributed by atoms with Crippen LogP contribution < -0.4 is 0 Å². The quantitative estimate of drug-likeness (QED) is 0.759. The Morgan fingerprint density at radius 2 is 2.50 bits per heavy atom. The highest BCUT2D eigenvalue weighted by Gasteiger charge is 2.22. The van der Waals surface area contributed by atoms with Gasteiger partial charge in [-0.25, -0.2) is 4.98 Å². The molecule has 1 N–H and O–H groups in total. The van der Waals surface area contributed by atoms with Crippen molar-refractivity contribution in [1.82, 2.24) is 9.97 Å². The third-order valence-corrected chi connectivity index (χ3v) is 3.69. The summed E-state index contributed by atoms with van der Waals surface area (Å²) in [4.78, 5) is 7.31. The highest BCUT2D eigenvalue weighted by molar-refractivity contribution is 7.99. The number of aromatic nitrogens is 2. The molecule has 1 fully saturated rings. The molecule has 0 radical (unpaired) electrons. The molecule has 1 atom stereocenters. The van der Waals surface area contributed by atoms with Crippen LogP contribution in [0.4, 0.5) is 0 Å². The highest BCUT2D eigenvalue weighted by Crippen LogP contribution is 2.40. The average molecular weight is 203 g/mol. The van der Waals surface area contributed by atoms with E-state index in [1.165, 1.54) is 18.6 Å². The van der Waals surface area contributed by atoms with Crippen molar-refractivity contribution in [2.45, 2.75) is 25.0 Å². The zero-order chi connectivity index (χ0) is 8.55. The topological polar surface area (TPSA) is 28.7 Å². The maximum Gasteiger partial charge on any atom is 0.200 e. The van der Waals surface area contributed by atoms with Crippen LogP contribution in [0.15, 0.2) is 0 Å². The van der Waals surface area contributed by atoms with E-state index < -0.39 is 0 Å². The van der Waals surface area contributed by atoms with Crippen LogP contribution in [0.3, 0.4) is 0 Å². The Morgan fingerprint density at radius 1 is 1.67 bits per heavy atom. The van der Waals surface area contributed by atoms with Gasteiger partial charge in [-0.2, -0.15) is 11.8 Å². The van der Waals surface area contributed by atoms with Gasteiger partial charge >= 0.3 is 0 Å². The van der Waals surface area contributed by atoms with Gasteiger partial charge in [0, 0.05) is 10.9 Å². The lowest BCUT2D eigenvalue weighted by Crippen LogP contribution is -1.91. The van der Waals surface area contributed by atoms with Gasteiger partial charge in [0.25, 0.3) is 0 Å². The van der Waals surface area contributed by atoms with Crippen LogP contribution in [-0.2, 0) is 0 Å². The summed E-state index contributed by atoms with van der Waals surface area (Å²) < 4.78 is 0. The van der Waals surface area contributed by atoms with E-state index in [1.54, 1.807) is 0 Å². The Labute approximate surface area is 81.1 Å². The molecule has 0 spiro atoms. The molecule has 12 heavy (non-hydrogen) atoms. The number of halogens is 1. The summed E-state index contributed by atoms with van der Waals surface area (Å²) in [5.41, 5.74) is 2.28. The Hall–Kier alpha value is -0.150. The molecular formula is C8H11ClN2S. The van der Waals surface area contributed by atoms with Crippen molar-refractivity contribution in [2.75, 3.05) is 5.75 Å². The van der Waals surface area contributed by atoms with Gasteiger partial charge in [-0.1, -0.05) is 0 Å². The van der Waals surface area contributed by atoms with Gasteiger partial charge < -0.3 is 4.98 Å². The first-order chi connectivity index (χ1) is 5.77. The number of thioether (sulfide) groups is 1. The number of aryl methyl sites for hydroxylation is 1. The molecule has 2 nitrogen and oxygen atoms in total. The zero-order valence-corrected chi connectivity index (χ0v) is 8.50. The van der Waals surface area contributed by atoms with E-state index in [1.807, 2.05) is 18.7 Å². The molecule has 0 saturated carbocycles. The largest absolute Gasteiger partial charge is 0.333 e. The summed E-state index contributed by atoms with van der Waals surface area (Å²) in [5.74, 6) is 1.26. The molecule has 0 bridgehead atoms. The predicted molar refractivity (Wildman–Crippen MR) is 52.8 cm³/mol. The smallest absolute Gasteiger partial charge is 0.200 e. The molecule has 1 aromatic heterocycles. The monoisotopic (exact) mass is 202 g/mol. The lowest BCUT2D eigenvalue weighted by Gasteiger charge is -2.04. The maximum absolute atomic E-state index is 5.77. The predicted octanol–water partition coefficient (Wildman–Crippen LogP) is 2.94. The van der Waals surface area contributed by atoms with Crippen LogP contribution in [0.1, 0.15) is 29.5 Å². The molecule has 1 aromatic rings. The van der Waals surface area contributed by atoms with E-state index >= 15 is 0 Å². The lowest BCUT2D eigenvalue weighted by molar-refractivity contribution is 0.806. The first kappa shape index (κ1) is 8.45. The van der Waals surface area contributed by atoms with E-state index in [0.29, 0.717) is 10.5 Å². The van der Waals surface area contributed by atoms with E-state index in [9.17, 15) is 0 Å². The molecule has 1 unspecified atom stereocenters. The highest BCUT2D eigenvalue weighted by atomic mass is 35.5. The van der Waals surface area contributed by atoms with Gasteiger partial charge in [-0.3, -0.25) is 0 Å². The first-order valence-corrected chi connectivity index (χ1v) is 5.53. The van der Waals surface area contributed by atoms with Gasteiger partial charge in [0.05, 0.1) is 5.69 Å². The summed E-state index contributed by atoms with van der Waals surface area (Å²) in [7, 11) is 0. The molecule has 1 saturated heterocycles. The Balaban J connectivity index is 2.25. The SMILES string of the molecule is Cc1[nH]c(Cl)nc1C1CCCS1. The van der Waals surface area contributed by atoms with Gasteiger partial charge in [0.1, 0.15) is 0 Å². The number of nitrogens with zero attached hydrogens (tertiary/aromatic N) is 1. The molecule has 0 amide bonds. The summed E-state index contributed by atoms with van der Waals surface area (Å²) in [5, 5.41) is 1.10. The summed E-state index contributed by atoms with van der Waals surface area (Å²) in [6, 6.07) is 0. The van der Waals surface area contributed by atoms with E-state index in [4.69, 9.17) is 11.6 Å². The second-order valence-electron chi connectivity index (χ2n) is 3.04. The minimum absolute atomic E-state index is 0.523. The summed E-state index contributed by atoms with van der Waals surface area (Å²) in [6.45, 7) is 2.03. The fraction of sp³-hybridized carbons (Fsp3) is 0.625. The lowest BCUT2D eigenvalue weighted by atomic mass is 10.2. The minimum Gasteiger partial charge on any atom is -0.333 e. The zero-order valence-electron chi connectivity index (χ0n) is 6.93. The van der Waals surface area contributed by atoms with Gasteiger partial charge in [0.15, 0.2) is 0 Å². The van der Waals surface area contributed by atoms with Crippen molar-refractivity contribution >= 4 is 23.4 Å². The van der Waals surface area contributed by atoms with Gasteiger partial charge in [-0.05, 0) is 37.1 Å². The van der Waals surface area contributed by atoms with E-state index in [0.717, 1.165) is 11.4 Å². The molecule has 2 heterocycles. The van der Waals surface area contributed by atoms with Crippen molar-refractivity contribution in [3.63, 3.8) is 0 Å². The van der Waals surface area contributed by atoms with Crippen molar-refractivity contribution in [2.24, 2.45) is 0 Å². The van der Waals surface area contributed by atoms with Crippen LogP contribution in [0.5, 0.6) is 0 Å². The molecule has 0 aliphatic carbocycles. The first-order valence-electron chi connectivity index (χ1n) is 4.11. The molecule has 1 aliphatic heterocycles. The Morgan fingerprint density at radius 3 is 3.00 bits per heavy atom. The number of aromatic amines is 1. The van der Waals surface area contributed by atoms with Crippen LogP contribution in [0, 0.1) is 6.92 Å². The van der Waals surface area contributed by atoms with Crippen LogP contribution >= 0.6 is 23.4 Å². The van der Waals surface area contributed by atoms with Crippen molar-refractivity contribution in [3.05, 3.63) is 16.7 Å². The van der Waals surface area contributed by atoms with Gasteiger partial charge in [-0.15, -0.1) is 0 Å².